The number of nitrogens with zero attached hydrogens (tertiary/aromatic N) is 2. The summed E-state index contributed by atoms with van der Waals surface area (Å²) in [7, 11) is 0. The number of nitrogens with one attached hydrogen (secondary N) is 3. The van der Waals surface area contributed by atoms with Crippen LogP contribution in [0, 0.1) is 0 Å². The van der Waals surface area contributed by atoms with Gasteiger partial charge in [-0.25, -0.2) is 4.98 Å². The average Bonchev–Trinajstić information content (AvgIpc) is 3.16. The lowest BCUT2D eigenvalue weighted by Crippen LogP contribution is -2.43. The quantitative estimate of drug-likeness (QED) is 0.436. The normalized spacial score (nSPS) is 18.8. The molecular formula is C25H25N5OS. The van der Waals surface area contributed by atoms with E-state index in [-0.39, 0.29) is 11.9 Å². The fraction of sp³-hybridized carbons (Fsp3) is 0.280. The third kappa shape index (κ3) is 3.29. The monoisotopic (exact) mass is 443 g/mol. The predicted octanol–water partition coefficient (Wildman–Crippen LogP) is 4.07. The molecule has 0 aliphatic carbocycles. The highest BCUT2D eigenvalue weighted by atomic mass is 32.1. The van der Waals surface area contributed by atoms with Crippen LogP contribution in [0.15, 0.2) is 48.5 Å². The molecule has 32 heavy (non-hydrogen) atoms. The van der Waals surface area contributed by atoms with Gasteiger partial charge >= 0.3 is 0 Å². The molecule has 6 nitrogen and oxygen atoms in total. The van der Waals surface area contributed by atoms with Crippen LogP contribution in [0.3, 0.4) is 0 Å². The van der Waals surface area contributed by atoms with Gasteiger partial charge in [0.25, 0.3) is 5.91 Å². The van der Waals surface area contributed by atoms with E-state index in [2.05, 4.69) is 69.4 Å². The van der Waals surface area contributed by atoms with Gasteiger partial charge in [0.2, 0.25) is 0 Å². The zero-order valence-electron chi connectivity index (χ0n) is 17.9. The molecule has 2 aliphatic heterocycles. The van der Waals surface area contributed by atoms with Crippen molar-refractivity contribution in [1.82, 2.24) is 15.6 Å². The van der Waals surface area contributed by atoms with Crippen molar-refractivity contribution in [2.24, 2.45) is 0 Å². The Bertz CT molecular complexity index is 1340. The van der Waals surface area contributed by atoms with E-state index in [1.54, 1.807) is 11.3 Å². The lowest BCUT2D eigenvalue weighted by Gasteiger charge is -2.29. The van der Waals surface area contributed by atoms with Crippen LogP contribution in [0.1, 0.15) is 16.6 Å². The zero-order chi connectivity index (χ0) is 21.7. The maximum absolute atomic E-state index is 12.7. The van der Waals surface area contributed by atoms with Gasteiger partial charge in [0.1, 0.15) is 4.88 Å². The number of pyridine rings is 1. The fourth-order valence-electron chi connectivity index (χ4n) is 4.67. The van der Waals surface area contributed by atoms with Crippen LogP contribution in [0.5, 0.6) is 0 Å². The molecule has 1 atom stereocenters. The summed E-state index contributed by atoms with van der Waals surface area (Å²) in [6.45, 7) is 6.81. The number of rotatable bonds is 2. The highest BCUT2D eigenvalue weighted by Crippen LogP contribution is 2.41. The van der Waals surface area contributed by atoms with Gasteiger partial charge in [0, 0.05) is 65.5 Å². The summed E-state index contributed by atoms with van der Waals surface area (Å²) in [5, 5.41) is 12.1. The smallest absolute Gasteiger partial charge is 0.263 e. The van der Waals surface area contributed by atoms with Crippen molar-refractivity contribution in [2.75, 3.05) is 42.9 Å². The molecule has 2 aliphatic rings. The van der Waals surface area contributed by atoms with Gasteiger partial charge in [-0.15, -0.1) is 11.3 Å². The second kappa shape index (κ2) is 7.76. The number of hydrogen-bond donors (Lipinski definition) is 3. The first kappa shape index (κ1) is 19.5. The van der Waals surface area contributed by atoms with Crippen molar-refractivity contribution < 1.29 is 4.79 Å². The van der Waals surface area contributed by atoms with Gasteiger partial charge in [0.05, 0.1) is 16.9 Å². The van der Waals surface area contributed by atoms with Gasteiger partial charge in [-0.1, -0.05) is 12.1 Å². The molecule has 0 saturated carbocycles. The van der Waals surface area contributed by atoms with Crippen molar-refractivity contribution in [2.45, 2.75) is 13.0 Å². The van der Waals surface area contributed by atoms with Gasteiger partial charge in [-0.2, -0.15) is 0 Å². The van der Waals surface area contributed by atoms with E-state index in [0.29, 0.717) is 6.54 Å². The van der Waals surface area contributed by atoms with E-state index in [9.17, 15) is 4.79 Å². The molecule has 0 radical (unpaired) electrons. The first-order chi connectivity index (χ1) is 15.7. The molecule has 2 aromatic carbocycles. The van der Waals surface area contributed by atoms with Crippen molar-refractivity contribution >= 4 is 49.6 Å². The second-order valence-corrected chi connectivity index (χ2v) is 9.60. The minimum atomic E-state index is 0.00107. The van der Waals surface area contributed by atoms with E-state index in [0.717, 1.165) is 69.0 Å². The molecule has 1 fully saturated rings. The van der Waals surface area contributed by atoms with Crippen LogP contribution in [0.25, 0.3) is 32.2 Å². The van der Waals surface area contributed by atoms with Gasteiger partial charge in [0.15, 0.2) is 0 Å². The summed E-state index contributed by atoms with van der Waals surface area (Å²) in [5.41, 5.74) is 5.22. The van der Waals surface area contributed by atoms with E-state index in [4.69, 9.17) is 4.98 Å². The van der Waals surface area contributed by atoms with Crippen LogP contribution < -0.4 is 20.9 Å². The van der Waals surface area contributed by atoms with E-state index >= 15 is 0 Å². The molecule has 1 saturated heterocycles. The number of thiophene rings is 1. The minimum Gasteiger partial charge on any atom is -0.381 e. The standard InChI is InChI=1S/C25H25N5OS/c1-15-14-27-23-22-18-5-6-19(16-3-2-4-17(13-16)30-11-9-26-10-12-30)29-20(18)7-8-21(22)32-24(23)25(31)28-15/h2-8,13,15,26-27H,9-12,14H2,1H3,(H,28,31)/t15-/m1/s1. The molecule has 4 aromatic rings. The zero-order valence-corrected chi connectivity index (χ0v) is 18.8. The van der Waals surface area contributed by atoms with Crippen LogP contribution in [-0.2, 0) is 0 Å². The number of hydrogen-bond acceptors (Lipinski definition) is 6. The summed E-state index contributed by atoms with van der Waals surface area (Å²) in [4.78, 5) is 20.8. The SMILES string of the molecule is C[C@@H]1CNc2c(sc3ccc4nc(-c5cccc(N6CCNCC6)c5)ccc4c23)C(=O)N1. The number of carbonyl (C=O) groups is 1. The fourth-order valence-corrected chi connectivity index (χ4v) is 5.77. The molecule has 3 N–H and O–H groups in total. The Kier molecular flexibility index (Phi) is 4.73. The second-order valence-electron chi connectivity index (χ2n) is 8.55. The van der Waals surface area contributed by atoms with Crippen molar-refractivity contribution in [1.29, 1.82) is 0 Å². The number of amides is 1. The van der Waals surface area contributed by atoms with E-state index in [1.807, 2.05) is 6.92 Å². The van der Waals surface area contributed by atoms with Crippen LogP contribution >= 0.6 is 11.3 Å². The predicted molar refractivity (Wildman–Crippen MR) is 133 cm³/mol. The molecule has 1 amide bonds. The number of aromatic nitrogens is 1. The largest absolute Gasteiger partial charge is 0.381 e. The van der Waals surface area contributed by atoms with Crippen LogP contribution in [-0.4, -0.2) is 49.7 Å². The summed E-state index contributed by atoms with van der Waals surface area (Å²) in [5.74, 6) is 0.00107. The molecule has 4 heterocycles. The van der Waals surface area contributed by atoms with Gasteiger partial charge < -0.3 is 20.9 Å². The average molecular weight is 444 g/mol. The van der Waals surface area contributed by atoms with Crippen LogP contribution in [0.2, 0.25) is 0 Å². The van der Waals surface area contributed by atoms with Gasteiger partial charge in [-0.3, -0.25) is 4.79 Å². The van der Waals surface area contributed by atoms with Crippen molar-refractivity contribution in [3.05, 3.63) is 53.4 Å². The molecular weight excluding hydrogens is 418 g/mol. The number of anilines is 2. The number of fused-ring (bicyclic) bond motifs is 5. The third-order valence-corrected chi connectivity index (χ3v) is 7.47. The molecule has 7 heteroatoms. The minimum absolute atomic E-state index is 0.00107. The summed E-state index contributed by atoms with van der Waals surface area (Å²) in [6, 6.07) is 17.2. The van der Waals surface area contributed by atoms with Crippen molar-refractivity contribution in [3.63, 3.8) is 0 Å². The summed E-state index contributed by atoms with van der Waals surface area (Å²) in [6.07, 6.45) is 0. The molecule has 0 spiro atoms. The third-order valence-electron chi connectivity index (χ3n) is 6.31. The summed E-state index contributed by atoms with van der Waals surface area (Å²) < 4.78 is 1.11. The number of piperazine rings is 1. The first-order valence-corrected chi connectivity index (χ1v) is 12.0. The Morgan fingerprint density at radius 2 is 1.97 bits per heavy atom. The Labute approximate surface area is 190 Å². The summed E-state index contributed by atoms with van der Waals surface area (Å²) >= 11 is 1.54. The highest BCUT2D eigenvalue weighted by Gasteiger charge is 2.24. The molecule has 0 bridgehead atoms. The Hall–Kier alpha value is -3.16. The lowest BCUT2D eigenvalue weighted by molar-refractivity contribution is 0.0949. The van der Waals surface area contributed by atoms with Crippen LogP contribution in [0.4, 0.5) is 11.4 Å². The molecule has 6 rings (SSSR count). The Balaban J connectivity index is 1.44. The molecule has 162 valence electrons. The van der Waals surface area contributed by atoms with Gasteiger partial charge in [-0.05, 0) is 43.3 Å². The number of benzene rings is 2. The van der Waals surface area contributed by atoms with E-state index < -0.39 is 0 Å². The Morgan fingerprint density at radius 3 is 2.84 bits per heavy atom. The topological polar surface area (TPSA) is 69.3 Å². The van der Waals surface area contributed by atoms with E-state index in [1.165, 1.54) is 5.69 Å². The maximum Gasteiger partial charge on any atom is 0.263 e. The Morgan fingerprint density at radius 1 is 1.09 bits per heavy atom. The lowest BCUT2D eigenvalue weighted by atomic mass is 10.1. The molecule has 2 aromatic heterocycles. The first-order valence-electron chi connectivity index (χ1n) is 11.1. The molecule has 0 unspecified atom stereocenters. The highest BCUT2D eigenvalue weighted by molar-refractivity contribution is 7.21. The number of carbonyl (C=O) groups excluding carboxylic acids is 1. The maximum atomic E-state index is 12.7. The van der Waals surface area contributed by atoms with Crippen molar-refractivity contribution in [3.8, 4) is 11.3 Å².